The number of hydrogen-bond acceptors (Lipinski definition) is 5. The zero-order valence-electron chi connectivity index (χ0n) is 11.8. The van der Waals surface area contributed by atoms with Crippen molar-refractivity contribution in [1.82, 2.24) is 5.32 Å². The van der Waals surface area contributed by atoms with Gasteiger partial charge in [-0.1, -0.05) is 6.07 Å². The number of aliphatic hydroxyl groups is 1. The van der Waals surface area contributed by atoms with Gasteiger partial charge in [-0.05, 0) is 34.5 Å². The number of ether oxygens (including phenoxy) is 2. The van der Waals surface area contributed by atoms with Gasteiger partial charge in [0.05, 0.1) is 25.9 Å². The lowest BCUT2D eigenvalue weighted by Crippen LogP contribution is -2.28. The molecular weight excluding hydrogens is 290 g/mol. The molecule has 1 atom stereocenters. The Labute approximate surface area is 127 Å². The first kappa shape index (κ1) is 15.3. The first-order valence-electron chi connectivity index (χ1n) is 6.36. The molecular formula is C15H17NO4S. The summed E-state index contributed by atoms with van der Waals surface area (Å²) in [6.45, 7) is 0.135. The summed E-state index contributed by atoms with van der Waals surface area (Å²) in [5, 5.41) is 16.4. The van der Waals surface area contributed by atoms with Crippen LogP contribution in [0.25, 0.3) is 0 Å². The quantitative estimate of drug-likeness (QED) is 0.859. The van der Waals surface area contributed by atoms with Crippen molar-refractivity contribution in [2.45, 2.75) is 6.10 Å². The van der Waals surface area contributed by atoms with Gasteiger partial charge in [0.25, 0.3) is 5.91 Å². The van der Waals surface area contributed by atoms with Crippen LogP contribution in [0.5, 0.6) is 11.5 Å². The van der Waals surface area contributed by atoms with Crippen molar-refractivity contribution in [3.05, 3.63) is 46.2 Å². The molecule has 1 unspecified atom stereocenters. The summed E-state index contributed by atoms with van der Waals surface area (Å²) in [7, 11) is 2.99. The molecule has 1 aromatic heterocycles. The number of benzene rings is 1. The third kappa shape index (κ3) is 3.53. The second-order valence-electron chi connectivity index (χ2n) is 4.32. The zero-order chi connectivity index (χ0) is 15.2. The van der Waals surface area contributed by atoms with Crippen LogP contribution in [-0.2, 0) is 0 Å². The van der Waals surface area contributed by atoms with Gasteiger partial charge in [0.1, 0.15) is 0 Å². The van der Waals surface area contributed by atoms with E-state index in [2.05, 4.69) is 5.32 Å². The molecule has 0 aliphatic rings. The van der Waals surface area contributed by atoms with Gasteiger partial charge in [-0.25, -0.2) is 0 Å². The minimum Gasteiger partial charge on any atom is -0.493 e. The van der Waals surface area contributed by atoms with Crippen LogP contribution in [0.2, 0.25) is 0 Å². The maximum Gasteiger partial charge on any atom is 0.255 e. The highest BCUT2D eigenvalue weighted by molar-refractivity contribution is 7.07. The molecule has 21 heavy (non-hydrogen) atoms. The predicted octanol–water partition coefficient (Wildman–Crippen LogP) is 2.23. The van der Waals surface area contributed by atoms with Gasteiger partial charge in [-0.2, -0.15) is 11.3 Å². The van der Waals surface area contributed by atoms with Crippen LogP contribution in [0, 0.1) is 0 Å². The molecule has 0 fully saturated rings. The third-order valence-corrected chi connectivity index (χ3v) is 3.73. The summed E-state index contributed by atoms with van der Waals surface area (Å²) in [6.07, 6.45) is -0.725. The lowest BCUT2D eigenvalue weighted by molar-refractivity contribution is 0.0913. The van der Waals surface area contributed by atoms with E-state index in [1.54, 1.807) is 18.2 Å². The van der Waals surface area contributed by atoms with Gasteiger partial charge >= 0.3 is 0 Å². The summed E-state index contributed by atoms with van der Waals surface area (Å²) in [5.41, 5.74) is 1.16. The smallest absolute Gasteiger partial charge is 0.255 e. The highest BCUT2D eigenvalue weighted by Gasteiger charge is 2.17. The fourth-order valence-corrected chi connectivity index (χ4v) is 2.64. The normalized spacial score (nSPS) is 11.8. The van der Waals surface area contributed by atoms with Crippen molar-refractivity contribution >= 4 is 17.2 Å². The molecule has 0 aliphatic carbocycles. The van der Waals surface area contributed by atoms with Crippen molar-refractivity contribution in [3.63, 3.8) is 0 Å². The number of hydrogen-bond donors (Lipinski definition) is 2. The Morgan fingerprint density at radius 1 is 1.33 bits per heavy atom. The van der Waals surface area contributed by atoms with Gasteiger partial charge in [0.15, 0.2) is 11.5 Å². The summed E-state index contributed by atoms with van der Waals surface area (Å²) in [4.78, 5) is 12.2. The van der Waals surface area contributed by atoms with Crippen LogP contribution in [0.3, 0.4) is 0 Å². The Hall–Kier alpha value is -2.05. The lowest BCUT2D eigenvalue weighted by Gasteiger charge is -2.14. The SMILES string of the molecule is COc1cccc(C(=O)NCC(O)c2ccsc2)c1OC. The first-order valence-corrected chi connectivity index (χ1v) is 7.31. The standard InChI is InChI=1S/C15H17NO4S/c1-19-13-5-3-4-11(14(13)20-2)15(18)16-8-12(17)10-6-7-21-9-10/h3-7,9,12,17H,8H2,1-2H3,(H,16,18). The van der Waals surface area contributed by atoms with Gasteiger partial charge in [0, 0.05) is 6.54 Å². The minimum atomic E-state index is -0.725. The molecule has 0 bridgehead atoms. The predicted molar refractivity (Wildman–Crippen MR) is 81.2 cm³/mol. The van der Waals surface area contributed by atoms with Crippen LogP contribution >= 0.6 is 11.3 Å². The highest BCUT2D eigenvalue weighted by atomic mass is 32.1. The Bertz CT molecular complexity index is 598. The maximum absolute atomic E-state index is 12.2. The van der Waals surface area contributed by atoms with Gasteiger partial charge in [-0.3, -0.25) is 4.79 Å². The number of thiophene rings is 1. The second-order valence-corrected chi connectivity index (χ2v) is 5.10. The molecule has 1 amide bonds. The van der Waals surface area contributed by atoms with Crippen molar-refractivity contribution < 1.29 is 19.4 Å². The van der Waals surface area contributed by atoms with Gasteiger partial charge in [0.2, 0.25) is 0 Å². The van der Waals surface area contributed by atoms with E-state index in [1.165, 1.54) is 25.6 Å². The number of carbonyl (C=O) groups is 1. The Morgan fingerprint density at radius 3 is 2.76 bits per heavy atom. The summed E-state index contributed by atoms with van der Waals surface area (Å²) in [6, 6.07) is 6.91. The second kappa shape index (κ2) is 7.10. The largest absolute Gasteiger partial charge is 0.493 e. The Kier molecular flexibility index (Phi) is 5.19. The van der Waals surface area contributed by atoms with E-state index in [0.29, 0.717) is 17.1 Å². The average Bonchev–Trinajstić information content (AvgIpc) is 3.05. The zero-order valence-corrected chi connectivity index (χ0v) is 12.6. The molecule has 0 aliphatic heterocycles. The van der Waals surface area contributed by atoms with E-state index < -0.39 is 6.10 Å². The van der Waals surface area contributed by atoms with Gasteiger partial charge in [-0.15, -0.1) is 0 Å². The van der Waals surface area contributed by atoms with E-state index in [0.717, 1.165) is 5.56 Å². The molecule has 2 aromatic rings. The van der Waals surface area contributed by atoms with Crippen LogP contribution < -0.4 is 14.8 Å². The molecule has 2 rings (SSSR count). The number of nitrogens with one attached hydrogen (secondary N) is 1. The lowest BCUT2D eigenvalue weighted by atomic mass is 10.1. The molecule has 1 heterocycles. The number of amides is 1. The van der Waals surface area contributed by atoms with Crippen LogP contribution in [0.15, 0.2) is 35.0 Å². The van der Waals surface area contributed by atoms with Crippen molar-refractivity contribution in [3.8, 4) is 11.5 Å². The third-order valence-electron chi connectivity index (χ3n) is 3.03. The monoisotopic (exact) mass is 307 g/mol. The molecule has 0 saturated heterocycles. The first-order chi connectivity index (χ1) is 10.2. The van der Waals surface area contributed by atoms with E-state index in [9.17, 15) is 9.90 Å². The number of methoxy groups -OCH3 is 2. The van der Waals surface area contributed by atoms with E-state index in [4.69, 9.17) is 9.47 Å². The topological polar surface area (TPSA) is 67.8 Å². The van der Waals surface area contributed by atoms with Crippen molar-refractivity contribution in [2.24, 2.45) is 0 Å². The molecule has 0 spiro atoms. The molecule has 2 N–H and O–H groups in total. The van der Waals surface area contributed by atoms with E-state index >= 15 is 0 Å². The van der Waals surface area contributed by atoms with Crippen molar-refractivity contribution in [1.29, 1.82) is 0 Å². The molecule has 112 valence electrons. The number of carbonyl (C=O) groups excluding carboxylic acids is 1. The van der Waals surface area contributed by atoms with Crippen LogP contribution in [-0.4, -0.2) is 31.8 Å². The Morgan fingerprint density at radius 2 is 2.14 bits per heavy atom. The number of rotatable bonds is 6. The molecule has 0 radical (unpaired) electrons. The number of aliphatic hydroxyl groups excluding tert-OH is 1. The maximum atomic E-state index is 12.2. The molecule has 5 nitrogen and oxygen atoms in total. The minimum absolute atomic E-state index is 0.135. The van der Waals surface area contributed by atoms with Crippen molar-refractivity contribution in [2.75, 3.05) is 20.8 Å². The average molecular weight is 307 g/mol. The summed E-state index contributed by atoms with van der Waals surface area (Å²) < 4.78 is 10.4. The van der Waals surface area contributed by atoms with E-state index in [1.807, 2.05) is 16.8 Å². The van der Waals surface area contributed by atoms with Crippen LogP contribution in [0.4, 0.5) is 0 Å². The molecule has 6 heteroatoms. The summed E-state index contributed by atoms with van der Waals surface area (Å²) >= 11 is 1.50. The fourth-order valence-electron chi connectivity index (χ4n) is 1.93. The summed E-state index contributed by atoms with van der Waals surface area (Å²) in [5.74, 6) is 0.547. The fraction of sp³-hybridized carbons (Fsp3) is 0.267. The molecule has 0 saturated carbocycles. The number of para-hydroxylation sites is 1. The van der Waals surface area contributed by atoms with E-state index in [-0.39, 0.29) is 12.5 Å². The Balaban J connectivity index is 2.07. The van der Waals surface area contributed by atoms with Gasteiger partial charge < -0.3 is 19.9 Å². The molecule has 1 aromatic carbocycles. The highest BCUT2D eigenvalue weighted by Crippen LogP contribution is 2.30. The van der Waals surface area contributed by atoms with Crippen LogP contribution in [0.1, 0.15) is 22.0 Å².